The van der Waals surface area contributed by atoms with Crippen LogP contribution in [0, 0.1) is 0 Å². The fourth-order valence-corrected chi connectivity index (χ4v) is 18.1. The van der Waals surface area contributed by atoms with Crippen molar-refractivity contribution >= 4 is 27.4 Å². The second-order valence-electron chi connectivity index (χ2n) is 9.21. The SMILES string of the molecule is CCCCCCc1ccccc1[C@H]1PC(Cl)[PH]2(CCCC)Cc3ccccc3[C@H]12. The molecule has 2 unspecified atom stereocenters. The van der Waals surface area contributed by atoms with Gasteiger partial charge in [0.1, 0.15) is 0 Å². The number of unbranched alkanes of at least 4 members (excludes halogenated alkanes) is 4. The molecule has 2 aromatic rings. The van der Waals surface area contributed by atoms with E-state index in [4.69, 9.17) is 11.6 Å². The number of hydrogen-bond donors (Lipinski definition) is 0. The summed E-state index contributed by atoms with van der Waals surface area (Å²) >= 11 is 7.31. The Morgan fingerprint density at radius 1 is 0.897 bits per heavy atom. The number of aryl methyl sites for hydroxylation is 1. The van der Waals surface area contributed by atoms with Crippen LogP contribution in [0.5, 0.6) is 0 Å². The molecule has 0 N–H and O–H groups in total. The number of hydrogen-bond acceptors (Lipinski definition) is 0. The predicted molar refractivity (Wildman–Crippen MR) is 136 cm³/mol. The van der Waals surface area contributed by atoms with E-state index < -0.39 is 7.26 Å². The van der Waals surface area contributed by atoms with Crippen molar-refractivity contribution in [2.45, 2.75) is 81.1 Å². The van der Waals surface area contributed by atoms with Gasteiger partial charge >= 0.3 is 186 Å². The fourth-order valence-electron chi connectivity index (χ4n) is 5.90. The van der Waals surface area contributed by atoms with Crippen LogP contribution in [0.2, 0.25) is 0 Å². The van der Waals surface area contributed by atoms with Gasteiger partial charge in [0.25, 0.3) is 0 Å². The van der Waals surface area contributed by atoms with E-state index in [0.29, 0.717) is 10.5 Å². The molecule has 0 nitrogen and oxygen atoms in total. The zero-order valence-corrected chi connectivity index (χ0v) is 20.8. The third-order valence-electron chi connectivity index (χ3n) is 7.38. The molecular formula is C26H37ClP2. The third-order valence-corrected chi connectivity index (χ3v) is 18.1. The average Bonchev–Trinajstić information content (AvgIpc) is 3.22. The quantitative estimate of drug-likeness (QED) is 0.205. The van der Waals surface area contributed by atoms with Crippen LogP contribution in [0.15, 0.2) is 48.5 Å². The topological polar surface area (TPSA) is 0 Å². The zero-order valence-electron chi connectivity index (χ0n) is 18.1. The first kappa shape index (κ1) is 21.8. The standard InChI is InChI=1S/C26H37ClP2/c1-3-5-7-8-13-20-14-9-11-16-22(20)24-25-23-17-12-10-15-21(23)19-29(25,18-6-4-2)26(27)28-24/h9-12,14-17,24-26,28-29H,3-8,13,18-19H2,1-2H3/t24-,25-,26?/m1/s1. The normalized spacial score (nSPS) is 26.4. The minimum atomic E-state index is -1.56. The Labute approximate surface area is 185 Å². The molecule has 0 saturated carbocycles. The Bertz CT molecular complexity index is 820. The summed E-state index contributed by atoms with van der Waals surface area (Å²) in [5, 5.41) is 0. The van der Waals surface area contributed by atoms with Gasteiger partial charge in [0.05, 0.1) is 0 Å². The first-order valence-electron chi connectivity index (χ1n) is 11.8. The molecular weight excluding hydrogens is 410 g/mol. The van der Waals surface area contributed by atoms with E-state index in [2.05, 4.69) is 62.4 Å². The summed E-state index contributed by atoms with van der Waals surface area (Å²) in [7, 11) is -0.670. The number of rotatable bonds is 9. The van der Waals surface area contributed by atoms with E-state index in [0.717, 1.165) is 14.2 Å². The molecule has 0 aliphatic carbocycles. The van der Waals surface area contributed by atoms with E-state index >= 15 is 0 Å². The van der Waals surface area contributed by atoms with Crippen LogP contribution >= 0.6 is 27.4 Å². The molecule has 2 aromatic carbocycles. The minimum absolute atomic E-state index is 0.449. The van der Waals surface area contributed by atoms with Crippen molar-refractivity contribution in [1.29, 1.82) is 0 Å². The molecule has 158 valence electrons. The molecule has 2 aliphatic rings. The average molecular weight is 447 g/mol. The summed E-state index contributed by atoms with van der Waals surface area (Å²) < 4.78 is 0. The zero-order chi connectivity index (χ0) is 20.3. The van der Waals surface area contributed by atoms with Gasteiger partial charge in [-0.1, -0.05) is 0 Å². The van der Waals surface area contributed by atoms with Gasteiger partial charge in [0.2, 0.25) is 0 Å². The first-order valence-corrected chi connectivity index (χ1v) is 15.9. The summed E-state index contributed by atoms with van der Waals surface area (Å²) in [4.78, 5) is 0.449. The van der Waals surface area contributed by atoms with Crippen LogP contribution in [0.3, 0.4) is 0 Å². The van der Waals surface area contributed by atoms with Crippen molar-refractivity contribution in [1.82, 2.24) is 0 Å². The Morgan fingerprint density at radius 2 is 1.62 bits per heavy atom. The molecule has 0 bridgehead atoms. The Morgan fingerprint density at radius 3 is 2.41 bits per heavy atom. The number of halogens is 1. The molecule has 0 aromatic heterocycles. The van der Waals surface area contributed by atoms with Gasteiger partial charge in [-0.05, 0) is 0 Å². The van der Waals surface area contributed by atoms with Crippen molar-refractivity contribution in [2.24, 2.45) is 0 Å². The van der Waals surface area contributed by atoms with Gasteiger partial charge in [-0.3, -0.25) is 0 Å². The molecule has 1 fully saturated rings. The van der Waals surface area contributed by atoms with Crippen LogP contribution in [0.4, 0.5) is 0 Å². The molecule has 2 aliphatic heterocycles. The summed E-state index contributed by atoms with van der Waals surface area (Å²) in [5.41, 5.74) is 7.93. The van der Waals surface area contributed by atoms with Gasteiger partial charge in [-0.15, -0.1) is 0 Å². The predicted octanol–water partition coefficient (Wildman–Crippen LogP) is 8.87. The van der Waals surface area contributed by atoms with Crippen LogP contribution in [-0.4, -0.2) is 11.0 Å². The van der Waals surface area contributed by atoms with E-state index in [9.17, 15) is 0 Å². The van der Waals surface area contributed by atoms with Crippen LogP contribution in [-0.2, 0) is 12.6 Å². The summed E-state index contributed by atoms with van der Waals surface area (Å²) in [5.74, 6) is 0. The fraction of sp³-hybridized carbons (Fsp3) is 0.538. The maximum absolute atomic E-state index is 7.31. The molecule has 0 amide bonds. The molecule has 2 heterocycles. The molecule has 4 atom stereocenters. The second-order valence-corrected chi connectivity index (χ2v) is 17.0. The monoisotopic (exact) mass is 446 g/mol. The van der Waals surface area contributed by atoms with Crippen molar-refractivity contribution in [2.75, 3.05) is 6.16 Å². The van der Waals surface area contributed by atoms with E-state index in [1.54, 1.807) is 22.3 Å². The van der Waals surface area contributed by atoms with E-state index in [-0.39, 0.29) is 0 Å². The van der Waals surface area contributed by atoms with Gasteiger partial charge in [0.15, 0.2) is 0 Å². The second kappa shape index (κ2) is 9.81. The molecule has 1 saturated heterocycles. The maximum atomic E-state index is 7.31. The summed E-state index contributed by atoms with van der Waals surface area (Å²) in [6.07, 6.45) is 12.0. The summed E-state index contributed by atoms with van der Waals surface area (Å²) in [6.45, 7) is 4.64. The van der Waals surface area contributed by atoms with E-state index in [1.807, 2.05) is 0 Å². The van der Waals surface area contributed by atoms with Crippen LogP contribution in [0.25, 0.3) is 0 Å². The molecule has 0 spiro atoms. The number of alkyl halides is 1. The van der Waals surface area contributed by atoms with Crippen molar-refractivity contribution < 1.29 is 0 Å². The third kappa shape index (κ3) is 4.20. The number of fused-ring (bicyclic) bond motifs is 3. The van der Waals surface area contributed by atoms with Crippen molar-refractivity contribution in [3.63, 3.8) is 0 Å². The van der Waals surface area contributed by atoms with Crippen LogP contribution in [0.1, 0.15) is 85.9 Å². The molecule has 29 heavy (non-hydrogen) atoms. The van der Waals surface area contributed by atoms with Gasteiger partial charge in [-0.25, -0.2) is 0 Å². The summed E-state index contributed by atoms with van der Waals surface area (Å²) in [6, 6.07) is 18.7. The molecule has 0 radical (unpaired) electrons. The van der Waals surface area contributed by atoms with Gasteiger partial charge in [-0.2, -0.15) is 0 Å². The van der Waals surface area contributed by atoms with Gasteiger partial charge in [0, 0.05) is 0 Å². The Balaban J connectivity index is 1.69. The molecule has 3 heteroatoms. The molecule has 4 rings (SSSR count). The van der Waals surface area contributed by atoms with Crippen molar-refractivity contribution in [3.05, 3.63) is 70.8 Å². The van der Waals surface area contributed by atoms with E-state index in [1.165, 1.54) is 57.3 Å². The number of benzene rings is 2. The van der Waals surface area contributed by atoms with Crippen LogP contribution < -0.4 is 0 Å². The first-order chi connectivity index (χ1) is 14.2. The Hall–Kier alpha value is -0.410. The Kier molecular flexibility index (Phi) is 7.38. The van der Waals surface area contributed by atoms with Crippen molar-refractivity contribution in [3.8, 4) is 0 Å². The van der Waals surface area contributed by atoms with Gasteiger partial charge < -0.3 is 0 Å².